The Morgan fingerprint density at radius 2 is 2.16 bits per heavy atom. The van der Waals surface area contributed by atoms with Gasteiger partial charge in [0.05, 0.1) is 18.1 Å². The zero-order chi connectivity index (χ0) is 13.8. The third-order valence-corrected chi connectivity index (χ3v) is 3.43. The first kappa shape index (κ1) is 13.6. The Kier molecular flexibility index (Phi) is 4.20. The second-order valence-corrected chi connectivity index (χ2v) is 4.81. The normalized spacial score (nSPS) is 10.9. The maximum absolute atomic E-state index is 11.6. The summed E-state index contributed by atoms with van der Waals surface area (Å²) in [7, 11) is 1.38. The Labute approximate surface area is 113 Å². The van der Waals surface area contributed by atoms with E-state index in [0.29, 0.717) is 0 Å². The molecule has 2 aromatic rings. The molecule has 0 aliphatic rings. The van der Waals surface area contributed by atoms with Crippen molar-refractivity contribution >= 4 is 17.1 Å². The van der Waals surface area contributed by atoms with E-state index in [1.54, 1.807) is 0 Å². The van der Waals surface area contributed by atoms with Crippen LogP contribution in [0, 0.1) is 6.92 Å². The quantitative estimate of drug-likeness (QED) is 0.787. The molecule has 1 heterocycles. The number of nitrogens with zero attached hydrogens (tertiary/aromatic N) is 2. The van der Waals surface area contributed by atoms with Crippen molar-refractivity contribution in [3.05, 3.63) is 29.6 Å². The minimum atomic E-state index is -0.397. The molecule has 0 saturated carbocycles. The van der Waals surface area contributed by atoms with Crippen molar-refractivity contribution in [3.8, 4) is 0 Å². The van der Waals surface area contributed by atoms with Crippen LogP contribution in [0.2, 0.25) is 0 Å². The van der Waals surface area contributed by atoms with Gasteiger partial charge in [0, 0.05) is 0 Å². The standard InChI is InChI=1S/C15H20N2O2/c1-4-5-6-7-12-9-14-13(8-11(12)2)16-10-17(14)15(18)19-3/h8-10H,4-7H2,1-3H3. The van der Waals surface area contributed by atoms with Crippen molar-refractivity contribution < 1.29 is 9.53 Å². The minimum absolute atomic E-state index is 0.397. The van der Waals surface area contributed by atoms with Crippen LogP contribution in [-0.2, 0) is 11.2 Å². The largest absolute Gasteiger partial charge is 0.452 e. The lowest BCUT2D eigenvalue weighted by Crippen LogP contribution is -2.09. The van der Waals surface area contributed by atoms with Crippen LogP contribution < -0.4 is 0 Å². The zero-order valence-corrected chi connectivity index (χ0v) is 11.8. The average Bonchev–Trinajstić information content (AvgIpc) is 2.81. The van der Waals surface area contributed by atoms with E-state index < -0.39 is 6.09 Å². The molecule has 4 heteroatoms. The second kappa shape index (κ2) is 5.87. The van der Waals surface area contributed by atoms with Crippen molar-refractivity contribution in [2.75, 3.05) is 7.11 Å². The predicted octanol–water partition coefficient (Wildman–Crippen LogP) is 3.69. The van der Waals surface area contributed by atoms with Gasteiger partial charge in [0.15, 0.2) is 0 Å². The van der Waals surface area contributed by atoms with E-state index in [2.05, 4.69) is 24.9 Å². The number of unbranched alkanes of at least 4 members (excludes halogenated alkanes) is 2. The summed E-state index contributed by atoms with van der Waals surface area (Å²) in [6.45, 7) is 4.29. The Morgan fingerprint density at radius 3 is 2.84 bits per heavy atom. The maximum Gasteiger partial charge on any atom is 0.419 e. The third-order valence-electron chi connectivity index (χ3n) is 3.43. The van der Waals surface area contributed by atoms with Gasteiger partial charge in [-0.2, -0.15) is 0 Å². The monoisotopic (exact) mass is 260 g/mol. The molecular weight excluding hydrogens is 240 g/mol. The molecule has 19 heavy (non-hydrogen) atoms. The summed E-state index contributed by atoms with van der Waals surface area (Å²) in [5.74, 6) is 0. The lowest BCUT2D eigenvalue weighted by atomic mass is 10.0. The molecule has 102 valence electrons. The number of benzene rings is 1. The molecule has 1 aromatic heterocycles. The van der Waals surface area contributed by atoms with Crippen molar-refractivity contribution in [2.45, 2.75) is 39.5 Å². The number of carbonyl (C=O) groups excluding carboxylic acids is 1. The predicted molar refractivity (Wildman–Crippen MR) is 75.5 cm³/mol. The van der Waals surface area contributed by atoms with Gasteiger partial charge in [-0.3, -0.25) is 0 Å². The first-order valence-electron chi connectivity index (χ1n) is 6.72. The van der Waals surface area contributed by atoms with Gasteiger partial charge < -0.3 is 4.74 Å². The van der Waals surface area contributed by atoms with E-state index in [-0.39, 0.29) is 0 Å². The molecule has 4 nitrogen and oxygen atoms in total. The molecule has 0 saturated heterocycles. The number of carbonyl (C=O) groups is 1. The number of ether oxygens (including phenoxy) is 1. The molecule has 0 atom stereocenters. The van der Waals surface area contributed by atoms with E-state index in [0.717, 1.165) is 17.5 Å². The van der Waals surface area contributed by atoms with Gasteiger partial charge in [-0.1, -0.05) is 19.8 Å². The summed E-state index contributed by atoms with van der Waals surface area (Å²) in [6, 6.07) is 4.10. The van der Waals surface area contributed by atoms with Crippen LogP contribution in [0.3, 0.4) is 0 Å². The summed E-state index contributed by atoms with van der Waals surface area (Å²) in [4.78, 5) is 15.9. The highest BCUT2D eigenvalue weighted by atomic mass is 16.5. The van der Waals surface area contributed by atoms with Gasteiger partial charge in [-0.25, -0.2) is 14.3 Å². The number of aromatic nitrogens is 2. The SMILES string of the molecule is CCCCCc1cc2c(cc1C)ncn2C(=O)OC. The van der Waals surface area contributed by atoms with E-state index in [1.165, 1.54) is 48.4 Å². The highest BCUT2D eigenvalue weighted by Gasteiger charge is 2.11. The number of methoxy groups -OCH3 is 1. The van der Waals surface area contributed by atoms with Gasteiger partial charge in [-0.15, -0.1) is 0 Å². The van der Waals surface area contributed by atoms with Crippen LogP contribution in [-0.4, -0.2) is 22.8 Å². The molecule has 0 amide bonds. The third kappa shape index (κ3) is 2.78. The Balaban J connectivity index is 2.37. The fourth-order valence-corrected chi connectivity index (χ4v) is 2.28. The van der Waals surface area contributed by atoms with Crippen molar-refractivity contribution in [2.24, 2.45) is 0 Å². The molecule has 0 fully saturated rings. The molecule has 0 N–H and O–H groups in total. The van der Waals surface area contributed by atoms with Crippen LogP contribution >= 0.6 is 0 Å². The average molecular weight is 260 g/mol. The van der Waals surface area contributed by atoms with Crippen molar-refractivity contribution in [3.63, 3.8) is 0 Å². The fourth-order valence-electron chi connectivity index (χ4n) is 2.28. The van der Waals surface area contributed by atoms with Gasteiger partial charge >= 0.3 is 6.09 Å². The molecule has 0 aliphatic carbocycles. The number of fused-ring (bicyclic) bond motifs is 1. The number of aryl methyl sites for hydroxylation is 2. The summed E-state index contributed by atoms with van der Waals surface area (Å²) < 4.78 is 6.21. The molecule has 0 unspecified atom stereocenters. The molecule has 0 radical (unpaired) electrons. The maximum atomic E-state index is 11.6. The number of hydrogen-bond donors (Lipinski definition) is 0. The van der Waals surface area contributed by atoms with Crippen LogP contribution in [0.15, 0.2) is 18.5 Å². The van der Waals surface area contributed by atoms with Crippen LogP contribution in [0.4, 0.5) is 4.79 Å². The first-order chi connectivity index (χ1) is 9.17. The fraction of sp³-hybridized carbons (Fsp3) is 0.467. The Morgan fingerprint density at radius 1 is 1.37 bits per heavy atom. The van der Waals surface area contributed by atoms with Crippen LogP contribution in [0.25, 0.3) is 11.0 Å². The highest BCUT2D eigenvalue weighted by Crippen LogP contribution is 2.21. The molecule has 1 aromatic carbocycles. The lowest BCUT2D eigenvalue weighted by Gasteiger charge is -2.07. The molecule has 0 bridgehead atoms. The van der Waals surface area contributed by atoms with Crippen molar-refractivity contribution in [1.82, 2.24) is 9.55 Å². The Hall–Kier alpha value is -1.84. The van der Waals surface area contributed by atoms with Crippen molar-refractivity contribution in [1.29, 1.82) is 0 Å². The topological polar surface area (TPSA) is 44.1 Å². The van der Waals surface area contributed by atoms with Gasteiger partial charge in [-0.05, 0) is 43.0 Å². The van der Waals surface area contributed by atoms with Gasteiger partial charge in [0.1, 0.15) is 6.33 Å². The lowest BCUT2D eigenvalue weighted by molar-refractivity contribution is 0.174. The summed E-state index contributed by atoms with van der Waals surface area (Å²) in [5, 5.41) is 0. The Bertz CT molecular complexity index is 587. The first-order valence-corrected chi connectivity index (χ1v) is 6.72. The second-order valence-electron chi connectivity index (χ2n) is 4.81. The number of rotatable bonds is 4. The summed E-state index contributed by atoms with van der Waals surface area (Å²) >= 11 is 0. The summed E-state index contributed by atoms with van der Waals surface area (Å²) in [5.41, 5.74) is 4.18. The smallest absolute Gasteiger partial charge is 0.419 e. The molecule has 0 aliphatic heterocycles. The van der Waals surface area contributed by atoms with E-state index in [9.17, 15) is 4.79 Å². The van der Waals surface area contributed by atoms with Crippen LogP contribution in [0.1, 0.15) is 37.3 Å². The molecule has 0 spiro atoms. The summed E-state index contributed by atoms with van der Waals surface area (Å²) in [6.07, 6.45) is 5.78. The van der Waals surface area contributed by atoms with E-state index >= 15 is 0 Å². The highest BCUT2D eigenvalue weighted by molar-refractivity contribution is 5.87. The van der Waals surface area contributed by atoms with Gasteiger partial charge in [0.2, 0.25) is 0 Å². The zero-order valence-electron chi connectivity index (χ0n) is 11.8. The van der Waals surface area contributed by atoms with E-state index in [1.807, 2.05) is 6.07 Å². The van der Waals surface area contributed by atoms with Crippen LogP contribution in [0.5, 0.6) is 0 Å². The van der Waals surface area contributed by atoms with E-state index in [4.69, 9.17) is 4.74 Å². The minimum Gasteiger partial charge on any atom is -0.452 e. The number of hydrogen-bond acceptors (Lipinski definition) is 3. The van der Waals surface area contributed by atoms with Gasteiger partial charge in [0.25, 0.3) is 0 Å². The number of imidazole rings is 1. The molecule has 2 rings (SSSR count). The molecular formula is C15H20N2O2.